The standard InChI is InChI=1S/C15H13NO2/c1-2-6-11-13(9-16)10-7-4-3-5-8-12(10)14(11)15(17)18/h3-5,7-8H,2,6H2,1H3,(H,17,18). The van der Waals surface area contributed by atoms with Gasteiger partial charge in [-0.1, -0.05) is 43.7 Å². The quantitative estimate of drug-likeness (QED) is 0.893. The first-order valence-electron chi connectivity index (χ1n) is 5.87. The van der Waals surface area contributed by atoms with E-state index in [-0.39, 0.29) is 5.56 Å². The molecule has 3 nitrogen and oxygen atoms in total. The minimum atomic E-state index is -0.962. The molecule has 0 bridgehead atoms. The highest BCUT2D eigenvalue weighted by Crippen LogP contribution is 2.36. The van der Waals surface area contributed by atoms with Gasteiger partial charge in [-0.25, -0.2) is 4.79 Å². The van der Waals surface area contributed by atoms with Crippen molar-refractivity contribution in [2.45, 2.75) is 19.8 Å². The zero-order valence-electron chi connectivity index (χ0n) is 10.1. The van der Waals surface area contributed by atoms with Gasteiger partial charge in [-0.3, -0.25) is 0 Å². The summed E-state index contributed by atoms with van der Waals surface area (Å²) in [6.07, 6.45) is 1.43. The van der Waals surface area contributed by atoms with Gasteiger partial charge >= 0.3 is 5.97 Å². The molecule has 0 aromatic rings. The van der Waals surface area contributed by atoms with Crippen molar-refractivity contribution in [3.05, 3.63) is 47.0 Å². The lowest BCUT2D eigenvalue weighted by atomic mass is 10.1. The van der Waals surface area contributed by atoms with Crippen molar-refractivity contribution >= 4 is 5.97 Å². The van der Waals surface area contributed by atoms with Gasteiger partial charge in [-0.15, -0.1) is 0 Å². The monoisotopic (exact) mass is 239 g/mol. The molecule has 90 valence electrons. The van der Waals surface area contributed by atoms with E-state index in [2.05, 4.69) is 6.07 Å². The van der Waals surface area contributed by atoms with E-state index in [1.807, 2.05) is 19.1 Å². The number of aromatic carboxylic acids is 1. The highest BCUT2D eigenvalue weighted by Gasteiger charge is 2.25. The van der Waals surface area contributed by atoms with Crippen molar-refractivity contribution in [2.75, 3.05) is 0 Å². The first kappa shape index (κ1) is 12.1. The smallest absolute Gasteiger partial charge is 0.336 e. The predicted molar refractivity (Wildman–Crippen MR) is 68.7 cm³/mol. The van der Waals surface area contributed by atoms with Gasteiger partial charge in [-0.2, -0.15) is 5.26 Å². The minimum absolute atomic E-state index is 0.277. The number of carboxylic acid groups (broad SMARTS) is 1. The molecule has 18 heavy (non-hydrogen) atoms. The second-order valence-electron chi connectivity index (χ2n) is 4.13. The third kappa shape index (κ3) is 1.82. The summed E-state index contributed by atoms with van der Waals surface area (Å²) in [7, 11) is 0. The Hall–Kier alpha value is -2.34. The number of nitrogens with zero attached hydrogens (tertiary/aromatic N) is 1. The van der Waals surface area contributed by atoms with E-state index in [4.69, 9.17) is 0 Å². The lowest BCUT2D eigenvalue weighted by Crippen LogP contribution is -2.00. The fraction of sp³-hybridized carbons (Fsp3) is 0.200. The molecule has 0 fully saturated rings. The van der Waals surface area contributed by atoms with E-state index >= 15 is 0 Å². The average molecular weight is 239 g/mol. The van der Waals surface area contributed by atoms with Gasteiger partial charge < -0.3 is 5.11 Å². The maximum absolute atomic E-state index is 11.4. The molecule has 0 saturated carbocycles. The highest BCUT2D eigenvalue weighted by molar-refractivity contribution is 6.02. The Morgan fingerprint density at radius 2 is 1.94 bits per heavy atom. The Bertz CT molecular complexity index is 611. The van der Waals surface area contributed by atoms with Crippen LogP contribution in [0.5, 0.6) is 0 Å². The molecule has 0 unspecified atom stereocenters. The largest absolute Gasteiger partial charge is 0.478 e. The average Bonchev–Trinajstić information content (AvgIpc) is 2.49. The van der Waals surface area contributed by atoms with Crippen molar-refractivity contribution in [3.8, 4) is 17.2 Å². The van der Waals surface area contributed by atoms with Crippen LogP contribution < -0.4 is 0 Å². The summed E-state index contributed by atoms with van der Waals surface area (Å²) < 4.78 is 0. The number of hydrogen-bond donors (Lipinski definition) is 1. The summed E-state index contributed by atoms with van der Waals surface area (Å²) >= 11 is 0. The van der Waals surface area contributed by atoms with Gasteiger partial charge in [-0.05, 0) is 17.5 Å². The molecule has 0 amide bonds. The summed E-state index contributed by atoms with van der Waals surface area (Å²) in [5, 5.41) is 18.6. The molecule has 0 radical (unpaired) electrons. The van der Waals surface area contributed by atoms with Crippen LogP contribution in [-0.4, -0.2) is 11.1 Å². The summed E-state index contributed by atoms with van der Waals surface area (Å²) in [6.45, 7) is 1.98. The predicted octanol–water partition coefficient (Wildman–Crippen LogP) is 3.31. The van der Waals surface area contributed by atoms with Crippen molar-refractivity contribution in [2.24, 2.45) is 0 Å². The van der Waals surface area contributed by atoms with E-state index in [1.54, 1.807) is 18.2 Å². The van der Waals surface area contributed by atoms with Crippen LogP contribution in [0.2, 0.25) is 0 Å². The minimum Gasteiger partial charge on any atom is -0.478 e. The van der Waals surface area contributed by atoms with Crippen molar-refractivity contribution in [1.82, 2.24) is 0 Å². The van der Waals surface area contributed by atoms with Crippen LogP contribution >= 0.6 is 0 Å². The Morgan fingerprint density at radius 1 is 1.28 bits per heavy atom. The maximum Gasteiger partial charge on any atom is 0.336 e. The third-order valence-corrected chi connectivity index (χ3v) is 3.01. The second kappa shape index (κ2) is 4.89. The Morgan fingerprint density at radius 3 is 2.50 bits per heavy atom. The fourth-order valence-corrected chi connectivity index (χ4v) is 2.31. The molecule has 2 aliphatic carbocycles. The van der Waals surface area contributed by atoms with Crippen LogP contribution in [0, 0.1) is 11.3 Å². The van der Waals surface area contributed by atoms with E-state index in [1.165, 1.54) is 0 Å². The highest BCUT2D eigenvalue weighted by atomic mass is 16.4. The molecule has 2 aliphatic rings. The SMILES string of the molecule is CCCc1c(C#N)c2cccccc-2c1C(=O)O. The second-order valence-corrected chi connectivity index (χ2v) is 4.13. The molecule has 1 N–H and O–H groups in total. The summed E-state index contributed by atoms with van der Waals surface area (Å²) in [4.78, 5) is 11.4. The van der Waals surface area contributed by atoms with Gasteiger partial charge in [0.2, 0.25) is 0 Å². The maximum atomic E-state index is 11.4. The van der Waals surface area contributed by atoms with Crippen molar-refractivity contribution in [1.29, 1.82) is 5.26 Å². The van der Waals surface area contributed by atoms with Gasteiger partial charge in [0, 0.05) is 5.56 Å². The van der Waals surface area contributed by atoms with Gasteiger partial charge in [0.1, 0.15) is 6.07 Å². The van der Waals surface area contributed by atoms with E-state index < -0.39 is 5.97 Å². The molecule has 0 aliphatic heterocycles. The van der Waals surface area contributed by atoms with E-state index in [0.717, 1.165) is 12.0 Å². The molecule has 0 aromatic carbocycles. The number of carboxylic acids is 1. The van der Waals surface area contributed by atoms with Crippen LogP contribution in [0.1, 0.15) is 34.8 Å². The first-order chi connectivity index (χ1) is 8.70. The van der Waals surface area contributed by atoms with Gasteiger partial charge in [0.25, 0.3) is 0 Å². The van der Waals surface area contributed by atoms with Crippen LogP contribution in [-0.2, 0) is 6.42 Å². The number of fused-ring (bicyclic) bond motifs is 1. The van der Waals surface area contributed by atoms with Crippen LogP contribution in [0.15, 0.2) is 30.3 Å². The van der Waals surface area contributed by atoms with Crippen molar-refractivity contribution in [3.63, 3.8) is 0 Å². The molecular weight excluding hydrogens is 226 g/mol. The van der Waals surface area contributed by atoms with Gasteiger partial charge in [0.05, 0.1) is 11.1 Å². The fourth-order valence-electron chi connectivity index (χ4n) is 2.31. The Kier molecular flexibility index (Phi) is 3.29. The molecular formula is C15H13NO2. The lowest BCUT2D eigenvalue weighted by Gasteiger charge is -1.99. The lowest BCUT2D eigenvalue weighted by molar-refractivity contribution is 0.0697. The third-order valence-electron chi connectivity index (χ3n) is 3.01. The summed E-state index contributed by atoms with van der Waals surface area (Å²) in [5.74, 6) is -0.962. The topological polar surface area (TPSA) is 61.1 Å². The molecule has 2 rings (SSSR count). The van der Waals surface area contributed by atoms with E-state index in [9.17, 15) is 15.2 Å². The number of nitriles is 1. The van der Waals surface area contributed by atoms with Crippen LogP contribution in [0.25, 0.3) is 11.1 Å². The zero-order valence-corrected chi connectivity index (χ0v) is 10.1. The zero-order chi connectivity index (χ0) is 13.1. The number of hydrogen-bond acceptors (Lipinski definition) is 2. The summed E-state index contributed by atoms with van der Waals surface area (Å²) in [5.41, 5.74) is 2.81. The molecule has 0 aromatic heterocycles. The van der Waals surface area contributed by atoms with E-state index in [0.29, 0.717) is 23.1 Å². The molecule has 3 heteroatoms. The number of carbonyl (C=O) groups is 1. The first-order valence-corrected chi connectivity index (χ1v) is 5.87. The molecule has 0 atom stereocenters. The molecule has 0 spiro atoms. The molecule has 0 saturated heterocycles. The number of rotatable bonds is 3. The van der Waals surface area contributed by atoms with Crippen LogP contribution in [0.3, 0.4) is 0 Å². The summed E-state index contributed by atoms with van der Waals surface area (Å²) in [6, 6.07) is 11.2. The Labute approximate surface area is 106 Å². The normalized spacial score (nSPS) is 10.2. The molecule has 0 heterocycles. The van der Waals surface area contributed by atoms with Crippen LogP contribution in [0.4, 0.5) is 0 Å². The van der Waals surface area contributed by atoms with Crippen molar-refractivity contribution < 1.29 is 9.90 Å². The van der Waals surface area contributed by atoms with Gasteiger partial charge in [0.15, 0.2) is 0 Å². The Balaban J connectivity index is 2.85.